The van der Waals surface area contributed by atoms with E-state index >= 15 is 0 Å². The van der Waals surface area contributed by atoms with Gasteiger partial charge in [-0.05, 0) is 0 Å². The molecule has 0 nitrogen and oxygen atoms in total. The van der Waals surface area contributed by atoms with E-state index in [4.69, 9.17) is 0 Å². The second-order valence-corrected chi connectivity index (χ2v) is 6.17. The summed E-state index contributed by atoms with van der Waals surface area (Å²) in [4.78, 5) is 0.342. The number of benzene rings is 1. The molecule has 1 fully saturated rings. The summed E-state index contributed by atoms with van der Waals surface area (Å²) in [5, 5.41) is 0. The first-order chi connectivity index (χ1) is 6.36. The molecule has 1 aliphatic carbocycles. The van der Waals surface area contributed by atoms with Crippen molar-refractivity contribution in [3.8, 4) is 0 Å². The quantitative estimate of drug-likeness (QED) is 0.699. The van der Waals surface area contributed by atoms with Gasteiger partial charge in [0.1, 0.15) is 0 Å². The van der Waals surface area contributed by atoms with E-state index in [1.807, 2.05) is 18.2 Å². The zero-order chi connectivity index (χ0) is 9.10. The third kappa shape index (κ3) is 2.32. The van der Waals surface area contributed by atoms with Crippen molar-refractivity contribution in [1.29, 1.82) is 0 Å². The Morgan fingerprint density at radius 2 is 1.92 bits per heavy atom. The summed E-state index contributed by atoms with van der Waals surface area (Å²) in [5.41, 5.74) is 0. The molecule has 0 saturated heterocycles. The van der Waals surface area contributed by atoms with Crippen LogP contribution in [0.15, 0.2) is 30.3 Å². The number of halogens is 1. The molecule has 0 spiro atoms. The van der Waals surface area contributed by atoms with Crippen molar-refractivity contribution in [2.75, 3.05) is 0 Å². The van der Waals surface area contributed by atoms with Crippen molar-refractivity contribution in [2.24, 2.45) is 0 Å². The summed E-state index contributed by atoms with van der Waals surface area (Å²) in [6.45, 7) is 0. The maximum absolute atomic E-state index is 13.3. The van der Waals surface area contributed by atoms with E-state index in [1.54, 1.807) is 0 Å². The van der Waals surface area contributed by atoms with E-state index in [9.17, 15) is 4.39 Å². The molecule has 0 N–H and O–H groups in total. The van der Waals surface area contributed by atoms with Gasteiger partial charge in [-0.25, -0.2) is 0 Å². The van der Waals surface area contributed by atoms with Crippen LogP contribution in [0.25, 0.3) is 0 Å². The molecule has 13 heavy (non-hydrogen) atoms. The molecule has 0 bridgehead atoms. The van der Waals surface area contributed by atoms with Crippen LogP contribution in [0.1, 0.15) is 19.3 Å². The topological polar surface area (TPSA) is 0 Å². The van der Waals surface area contributed by atoms with Crippen molar-refractivity contribution in [2.45, 2.75) is 30.3 Å². The molecule has 1 aromatic carbocycles. The summed E-state index contributed by atoms with van der Waals surface area (Å²) < 4.78 is 14.6. The van der Waals surface area contributed by atoms with Gasteiger partial charge in [0, 0.05) is 0 Å². The molecule has 2 rings (SSSR count). The second kappa shape index (κ2) is 4.25. The van der Waals surface area contributed by atoms with Gasteiger partial charge in [-0.2, -0.15) is 0 Å². The normalized spacial score (nSPS) is 27.8. The van der Waals surface area contributed by atoms with Crippen molar-refractivity contribution >= 4 is 19.4 Å². The van der Waals surface area contributed by atoms with E-state index in [2.05, 4.69) is 12.1 Å². The van der Waals surface area contributed by atoms with Gasteiger partial charge in [0.2, 0.25) is 0 Å². The van der Waals surface area contributed by atoms with E-state index in [-0.39, 0.29) is 0 Å². The van der Waals surface area contributed by atoms with Crippen molar-refractivity contribution in [3.05, 3.63) is 30.3 Å². The molecule has 1 aromatic rings. The van der Waals surface area contributed by atoms with Crippen LogP contribution in [-0.4, -0.2) is 21.1 Å². The Balaban J connectivity index is 1.98. The van der Waals surface area contributed by atoms with Gasteiger partial charge in [0.15, 0.2) is 0 Å². The molecule has 0 heterocycles. The Kier molecular flexibility index (Phi) is 3.02. The number of alkyl halides is 1. The Labute approximate surface area is 84.7 Å². The van der Waals surface area contributed by atoms with Crippen LogP contribution in [0.2, 0.25) is 4.82 Å². The molecule has 0 unspecified atom stereocenters. The third-order valence-electron chi connectivity index (χ3n) is 2.40. The summed E-state index contributed by atoms with van der Waals surface area (Å²) in [6.07, 6.45) is 2.44. The fraction of sp³-hybridized carbons (Fsp3) is 0.455. The van der Waals surface area contributed by atoms with Crippen molar-refractivity contribution in [3.63, 3.8) is 0 Å². The zero-order valence-corrected chi connectivity index (χ0v) is 9.16. The monoisotopic (exact) mass is 244 g/mol. The van der Waals surface area contributed by atoms with Crippen molar-refractivity contribution in [1.82, 2.24) is 0 Å². The molecule has 70 valence electrons. The molecule has 1 saturated carbocycles. The third-order valence-corrected chi connectivity index (χ3v) is 5.29. The Morgan fingerprint density at radius 1 is 1.15 bits per heavy atom. The Morgan fingerprint density at radius 3 is 2.54 bits per heavy atom. The molecular weight excluding hydrogens is 230 g/mol. The van der Waals surface area contributed by atoms with Crippen LogP contribution in [0.4, 0.5) is 4.39 Å². The van der Waals surface area contributed by atoms with Crippen LogP contribution < -0.4 is 4.46 Å². The first kappa shape index (κ1) is 9.23. The molecule has 0 amide bonds. The van der Waals surface area contributed by atoms with Gasteiger partial charge >= 0.3 is 84.4 Å². The van der Waals surface area contributed by atoms with Gasteiger partial charge in [0.05, 0.1) is 0 Å². The molecule has 2 heteroatoms. The summed E-state index contributed by atoms with van der Waals surface area (Å²) >= 11 is 0.344. The van der Waals surface area contributed by atoms with Crippen LogP contribution in [0, 0.1) is 0 Å². The number of rotatable bonds is 2. The predicted molar refractivity (Wildman–Crippen MR) is 54.3 cm³/mol. The minimum atomic E-state index is -0.528. The van der Waals surface area contributed by atoms with Crippen LogP contribution in [0.5, 0.6) is 0 Å². The molecule has 0 radical (unpaired) electrons. The maximum atomic E-state index is 13.3. The Bertz CT molecular complexity index is 260. The fourth-order valence-corrected chi connectivity index (χ4v) is 4.27. The number of hydrogen-bond donors (Lipinski definition) is 0. The van der Waals surface area contributed by atoms with Gasteiger partial charge < -0.3 is 0 Å². The Hall–Kier alpha value is -0.331. The number of hydrogen-bond acceptors (Lipinski definition) is 0. The van der Waals surface area contributed by atoms with E-state index in [0.717, 1.165) is 19.3 Å². The van der Waals surface area contributed by atoms with Gasteiger partial charge in [-0.1, -0.05) is 0 Å². The first-order valence-electron chi connectivity index (χ1n) is 4.72. The SMILES string of the molecule is F[C@@H]1CCC[C@H]1[Se]c1ccccc1. The minimum absolute atomic E-state index is 0.342. The summed E-state index contributed by atoms with van der Waals surface area (Å²) in [7, 11) is 0. The van der Waals surface area contributed by atoms with Crippen LogP contribution >= 0.6 is 0 Å². The molecule has 0 aromatic heterocycles. The van der Waals surface area contributed by atoms with Crippen LogP contribution in [-0.2, 0) is 0 Å². The zero-order valence-electron chi connectivity index (χ0n) is 7.45. The van der Waals surface area contributed by atoms with Crippen molar-refractivity contribution < 1.29 is 4.39 Å². The van der Waals surface area contributed by atoms with Gasteiger partial charge in [-0.15, -0.1) is 0 Å². The molecule has 0 aliphatic heterocycles. The van der Waals surface area contributed by atoms with E-state index in [0.29, 0.717) is 19.8 Å². The average molecular weight is 243 g/mol. The molecule has 2 atom stereocenters. The van der Waals surface area contributed by atoms with Crippen LogP contribution in [0.3, 0.4) is 0 Å². The average Bonchev–Trinajstić information content (AvgIpc) is 2.54. The second-order valence-electron chi connectivity index (χ2n) is 3.42. The van der Waals surface area contributed by atoms with Gasteiger partial charge in [0.25, 0.3) is 0 Å². The van der Waals surface area contributed by atoms with E-state index in [1.165, 1.54) is 4.46 Å². The predicted octanol–water partition coefficient (Wildman–Crippen LogP) is 2.33. The standard InChI is InChI=1S/C11H13FSe/c12-10-7-4-8-11(10)13-9-5-2-1-3-6-9/h1-3,5-6,10-11H,4,7-8H2/t10-,11-/m1/s1. The molecule has 1 aliphatic rings. The van der Waals surface area contributed by atoms with E-state index < -0.39 is 6.17 Å². The molecular formula is C11H13FSe. The fourth-order valence-electron chi connectivity index (χ4n) is 1.69. The summed E-state index contributed by atoms with van der Waals surface area (Å²) in [6, 6.07) is 10.3. The van der Waals surface area contributed by atoms with Gasteiger partial charge in [-0.3, -0.25) is 0 Å². The summed E-state index contributed by atoms with van der Waals surface area (Å²) in [5.74, 6) is 0. The first-order valence-corrected chi connectivity index (χ1v) is 6.56.